The standard InChI is InChI=1S/C6H5.2ClH.Fe.Sn/c1-2-4-6-5-3-1;;;;/h1-5H;2*1H;;/q;;;;+2/p-2. The summed E-state index contributed by atoms with van der Waals surface area (Å²) in [5, 5.41) is 0. The van der Waals surface area contributed by atoms with Gasteiger partial charge in [0.15, 0.2) is 0 Å². The van der Waals surface area contributed by atoms with E-state index in [-0.39, 0.29) is 17.1 Å². The molecule has 0 nitrogen and oxygen atoms in total. The van der Waals surface area contributed by atoms with Crippen LogP contribution in [0.1, 0.15) is 0 Å². The molecule has 55 valence electrons. The third kappa shape index (κ3) is 3.49. The van der Waals surface area contributed by atoms with Crippen molar-refractivity contribution in [3.05, 3.63) is 30.3 Å². The fraction of sp³-hybridized carbons (Fsp3) is 0. The van der Waals surface area contributed by atoms with E-state index in [9.17, 15) is 0 Å². The number of rotatable bonds is 1. The maximum Gasteiger partial charge on any atom is 0 e. The monoisotopic (exact) mass is 323 g/mol. The maximum absolute atomic E-state index is 5.77. The van der Waals surface area contributed by atoms with E-state index in [1.807, 2.05) is 30.3 Å². The van der Waals surface area contributed by atoms with E-state index in [1.54, 1.807) is 0 Å². The molecule has 0 aliphatic carbocycles. The molecule has 1 rings (SSSR count). The second-order valence-corrected chi connectivity index (χ2v) is 11.1. The minimum atomic E-state index is -2.08. The van der Waals surface area contributed by atoms with E-state index in [0.717, 1.165) is 3.58 Å². The fourth-order valence-corrected chi connectivity index (χ4v) is 3.52. The summed E-state index contributed by atoms with van der Waals surface area (Å²) in [6.07, 6.45) is 0. The van der Waals surface area contributed by atoms with Gasteiger partial charge in [0.2, 0.25) is 0 Å². The molecule has 0 heterocycles. The van der Waals surface area contributed by atoms with E-state index in [4.69, 9.17) is 17.8 Å². The van der Waals surface area contributed by atoms with Crippen molar-refractivity contribution in [2.24, 2.45) is 0 Å². The van der Waals surface area contributed by atoms with Gasteiger partial charge in [-0.05, 0) is 0 Å². The van der Waals surface area contributed by atoms with Crippen LogP contribution in [0.5, 0.6) is 0 Å². The molecule has 0 saturated carbocycles. The Hall–Kier alpha value is 1.12. The molecule has 0 saturated heterocycles. The Kier molecular flexibility index (Phi) is 6.37. The van der Waals surface area contributed by atoms with Gasteiger partial charge in [0, 0.05) is 17.1 Å². The van der Waals surface area contributed by atoms with Gasteiger partial charge < -0.3 is 0 Å². The molecule has 0 spiro atoms. The largest absolute Gasteiger partial charge is 0 e. The van der Waals surface area contributed by atoms with Gasteiger partial charge in [-0.2, -0.15) is 0 Å². The Morgan fingerprint density at radius 3 is 1.80 bits per heavy atom. The van der Waals surface area contributed by atoms with Crippen molar-refractivity contribution >= 4 is 38.9 Å². The van der Waals surface area contributed by atoms with Crippen molar-refractivity contribution in [1.82, 2.24) is 0 Å². The summed E-state index contributed by atoms with van der Waals surface area (Å²) in [6.45, 7) is 0. The van der Waals surface area contributed by atoms with Crippen LogP contribution in [0, 0.1) is 0 Å². The van der Waals surface area contributed by atoms with Gasteiger partial charge in [0.25, 0.3) is 0 Å². The molecule has 1 radical (unpaired) electrons. The summed E-state index contributed by atoms with van der Waals surface area (Å²) < 4.78 is 1.14. The number of hydrogen-bond acceptors (Lipinski definition) is 0. The fourth-order valence-electron chi connectivity index (χ4n) is 0.564. The zero-order valence-electron chi connectivity index (χ0n) is 5.00. The van der Waals surface area contributed by atoms with Crippen LogP contribution in [-0.2, 0) is 17.1 Å². The third-order valence-electron chi connectivity index (χ3n) is 0.992. The topological polar surface area (TPSA) is 0 Å². The first-order valence-electron chi connectivity index (χ1n) is 2.54. The summed E-state index contributed by atoms with van der Waals surface area (Å²) in [7, 11) is 11.5. The van der Waals surface area contributed by atoms with Crippen molar-refractivity contribution in [2.75, 3.05) is 0 Å². The van der Waals surface area contributed by atoms with Crippen molar-refractivity contribution in [3.63, 3.8) is 0 Å². The number of benzene rings is 1. The zero-order chi connectivity index (χ0) is 6.69. The van der Waals surface area contributed by atoms with Crippen molar-refractivity contribution in [2.45, 2.75) is 0 Å². The Labute approximate surface area is 85.6 Å². The first-order chi connectivity index (χ1) is 4.30. The van der Waals surface area contributed by atoms with E-state index >= 15 is 0 Å². The zero-order valence-corrected chi connectivity index (χ0v) is 10.5. The average molecular weight is 323 g/mol. The smallest absolute Gasteiger partial charge is 0 e. The molecule has 0 atom stereocenters. The summed E-state index contributed by atoms with van der Waals surface area (Å²) in [6, 6.07) is 9.84. The van der Waals surface area contributed by atoms with Crippen molar-refractivity contribution in [3.8, 4) is 0 Å². The van der Waals surface area contributed by atoms with Crippen LogP contribution in [0.2, 0.25) is 0 Å². The Morgan fingerprint density at radius 1 is 1.00 bits per heavy atom. The van der Waals surface area contributed by atoms with Crippen molar-refractivity contribution in [1.29, 1.82) is 0 Å². The van der Waals surface area contributed by atoms with Gasteiger partial charge in [-0.1, -0.05) is 0 Å². The minimum absolute atomic E-state index is 0. The molecule has 0 N–H and O–H groups in total. The molecule has 1 aromatic rings. The minimum Gasteiger partial charge on any atom is 0 e. The second-order valence-electron chi connectivity index (χ2n) is 1.63. The van der Waals surface area contributed by atoms with Gasteiger partial charge in [0.1, 0.15) is 0 Å². The molecule has 0 fully saturated rings. The molecule has 0 aromatic heterocycles. The maximum atomic E-state index is 5.77. The van der Waals surface area contributed by atoms with Gasteiger partial charge in [-0.3, -0.25) is 0 Å². The average Bonchev–Trinajstić information content (AvgIpc) is 1.90. The predicted molar refractivity (Wildman–Crippen MR) is 43.5 cm³/mol. The van der Waals surface area contributed by atoms with Gasteiger partial charge in [-0.15, -0.1) is 0 Å². The van der Waals surface area contributed by atoms with Crippen LogP contribution in [0.15, 0.2) is 30.3 Å². The Morgan fingerprint density at radius 2 is 1.50 bits per heavy atom. The van der Waals surface area contributed by atoms with E-state index in [0.29, 0.717) is 0 Å². The van der Waals surface area contributed by atoms with Crippen molar-refractivity contribution < 1.29 is 17.1 Å². The van der Waals surface area contributed by atoms with Gasteiger partial charge in [-0.25, -0.2) is 0 Å². The van der Waals surface area contributed by atoms with Crippen LogP contribution >= 0.6 is 17.8 Å². The summed E-state index contributed by atoms with van der Waals surface area (Å²) in [5.74, 6) is 0. The first kappa shape index (κ1) is 11.1. The van der Waals surface area contributed by atoms with Crippen LogP contribution in [-0.4, -0.2) is 17.5 Å². The van der Waals surface area contributed by atoms with E-state index in [2.05, 4.69) is 0 Å². The number of halogens is 2. The summed E-state index contributed by atoms with van der Waals surface area (Å²) >= 11 is -2.08. The summed E-state index contributed by atoms with van der Waals surface area (Å²) in [5.41, 5.74) is 0. The molecule has 0 unspecified atom stereocenters. The SMILES string of the molecule is [Cl][Sn]([Cl])[c]1ccccc1.[Fe]. The molecule has 0 amide bonds. The predicted octanol–water partition coefficient (Wildman–Crippen LogP) is 1.86. The molecule has 0 bridgehead atoms. The van der Waals surface area contributed by atoms with Gasteiger partial charge >= 0.3 is 69.3 Å². The molecule has 1 aromatic carbocycles. The second kappa shape index (κ2) is 5.73. The first-order valence-corrected chi connectivity index (χ1v) is 11.2. The molecule has 0 aliphatic rings. The summed E-state index contributed by atoms with van der Waals surface area (Å²) in [4.78, 5) is 0. The molecule has 10 heavy (non-hydrogen) atoms. The van der Waals surface area contributed by atoms with Crippen LogP contribution in [0.4, 0.5) is 0 Å². The number of hydrogen-bond donors (Lipinski definition) is 0. The molecule has 4 heteroatoms. The molecule has 0 aliphatic heterocycles. The molecular weight excluding hydrogens is 318 g/mol. The van der Waals surface area contributed by atoms with Crippen LogP contribution in [0.3, 0.4) is 0 Å². The van der Waals surface area contributed by atoms with Gasteiger partial charge in [0.05, 0.1) is 0 Å². The van der Waals surface area contributed by atoms with E-state index < -0.39 is 17.5 Å². The Balaban J connectivity index is 0.000000810. The van der Waals surface area contributed by atoms with Crippen LogP contribution in [0.25, 0.3) is 0 Å². The van der Waals surface area contributed by atoms with E-state index in [1.165, 1.54) is 0 Å². The normalized spacial score (nSPS) is 9.10. The third-order valence-corrected chi connectivity index (χ3v) is 6.12. The molecular formula is C6H5Cl2FeSn. The Bertz CT molecular complexity index is 178. The quantitative estimate of drug-likeness (QED) is 0.692. The van der Waals surface area contributed by atoms with Crippen LogP contribution < -0.4 is 3.58 Å².